The number of carbonyl (C=O) groups is 2. The van der Waals surface area contributed by atoms with Gasteiger partial charge >= 0.3 is 0 Å². The molecule has 33 heavy (non-hydrogen) atoms. The predicted octanol–water partition coefficient (Wildman–Crippen LogP) is 3.72. The van der Waals surface area contributed by atoms with Crippen LogP contribution in [0.25, 0.3) is 0 Å². The standard InChI is InChI=1S/C27H35N3O3/c1-4-20(2)19-30-26(32)24(17-21-9-6-5-7-10-21)28-27(30)13-15-29(16-14-27)25(31)22-11-8-12-23(18-22)33-3/h5-12,18,20,24,28H,4,13-17,19H2,1-3H3/t20-,24+/m1/s1. The van der Waals surface area contributed by atoms with Crippen molar-refractivity contribution in [3.05, 3.63) is 65.7 Å². The lowest BCUT2D eigenvalue weighted by Gasteiger charge is -2.45. The summed E-state index contributed by atoms with van der Waals surface area (Å²) in [6.45, 7) is 6.35. The van der Waals surface area contributed by atoms with Crippen molar-refractivity contribution in [3.8, 4) is 5.75 Å². The first-order valence-corrected chi connectivity index (χ1v) is 12.0. The number of likely N-dealkylation sites (tertiary alicyclic amines) is 1. The molecule has 2 heterocycles. The van der Waals surface area contributed by atoms with E-state index in [0.717, 1.165) is 31.4 Å². The molecule has 2 saturated heterocycles. The quantitative estimate of drug-likeness (QED) is 0.700. The molecule has 2 aromatic rings. The van der Waals surface area contributed by atoms with Gasteiger partial charge in [0.2, 0.25) is 5.91 Å². The number of nitrogens with one attached hydrogen (secondary N) is 1. The predicted molar refractivity (Wildman–Crippen MR) is 129 cm³/mol. The van der Waals surface area contributed by atoms with Gasteiger partial charge < -0.3 is 14.5 Å². The Labute approximate surface area is 196 Å². The van der Waals surface area contributed by atoms with Gasteiger partial charge in [-0.05, 0) is 36.1 Å². The van der Waals surface area contributed by atoms with Crippen LogP contribution >= 0.6 is 0 Å². The molecule has 6 heteroatoms. The van der Waals surface area contributed by atoms with Crippen LogP contribution < -0.4 is 10.1 Å². The second kappa shape index (κ2) is 9.96. The fourth-order valence-electron chi connectivity index (χ4n) is 4.99. The van der Waals surface area contributed by atoms with Gasteiger partial charge in [-0.1, -0.05) is 56.7 Å². The van der Waals surface area contributed by atoms with E-state index in [4.69, 9.17) is 4.74 Å². The molecule has 6 nitrogen and oxygen atoms in total. The number of piperidine rings is 1. The summed E-state index contributed by atoms with van der Waals surface area (Å²) >= 11 is 0. The van der Waals surface area contributed by atoms with Gasteiger partial charge in [0.05, 0.1) is 18.8 Å². The van der Waals surface area contributed by atoms with Crippen molar-refractivity contribution in [3.63, 3.8) is 0 Å². The number of hydrogen-bond donors (Lipinski definition) is 1. The Hall–Kier alpha value is -2.86. The summed E-state index contributed by atoms with van der Waals surface area (Å²) in [4.78, 5) is 30.6. The maximum atomic E-state index is 13.5. The van der Waals surface area contributed by atoms with Crippen molar-refractivity contribution in [1.82, 2.24) is 15.1 Å². The van der Waals surface area contributed by atoms with E-state index in [0.29, 0.717) is 36.7 Å². The molecule has 0 saturated carbocycles. The van der Waals surface area contributed by atoms with Crippen molar-refractivity contribution >= 4 is 11.8 Å². The number of carbonyl (C=O) groups excluding carboxylic acids is 2. The molecule has 0 aromatic heterocycles. The minimum Gasteiger partial charge on any atom is -0.497 e. The number of rotatable bonds is 7. The number of amides is 2. The van der Waals surface area contributed by atoms with Crippen LogP contribution in [0.5, 0.6) is 5.75 Å². The van der Waals surface area contributed by atoms with Gasteiger partial charge in [0.15, 0.2) is 0 Å². The smallest absolute Gasteiger partial charge is 0.253 e. The molecule has 2 aromatic carbocycles. The SMILES string of the molecule is CC[C@@H](C)CN1C(=O)[C@H](Cc2ccccc2)NC12CCN(C(=O)c1cccc(OC)c1)CC2. The summed E-state index contributed by atoms with van der Waals surface area (Å²) < 4.78 is 5.28. The highest BCUT2D eigenvalue weighted by Gasteiger charge is 2.51. The monoisotopic (exact) mass is 449 g/mol. The summed E-state index contributed by atoms with van der Waals surface area (Å²) in [6.07, 6.45) is 3.18. The number of methoxy groups -OCH3 is 1. The van der Waals surface area contributed by atoms with Crippen molar-refractivity contribution in [2.45, 2.75) is 51.2 Å². The van der Waals surface area contributed by atoms with E-state index in [1.807, 2.05) is 41.3 Å². The molecule has 2 aliphatic heterocycles. The molecular weight excluding hydrogens is 414 g/mol. The van der Waals surface area contributed by atoms with E-state index < -0.39 is 0 Å². The van der Waals surface area contributed by atoms with Gasteiger partial charge in [0.1, 0.15) is 5.75 Å². The second-order valence-corrected chi connectivity index (χ2v) is 9.40. The third kappa shape index (κ3) is 4.91. The first-order chi connectivity index (χ1) is 16.0. The molecule has 1 N–H and O–H groups in total. The minimum absolute atomic E-state index is 0.0161. The lowest BCUT2D eigenvalue weighted by Crippen LogP contribution is -2.60. The molecule has 0 bridgehead atoms. The van der Waals surface area contributed by atoms with Gasteiger partial charge in [-0.25, -0.2) is 0 Å². The number of nitrogens with zero attached hydrogens (tertiary/aromatic N) is 2. The van der Waals surface area contributed by atoms with E-state index in [9.17, 15) is 9.59 Å². The third-order valence-corrected chi connectivity index (χ3v) is 7.19. The Kier molecular flexibility index (Phi) is 7.03. The zero-order valence-corrected chi connectivity index (χ0v) is 19.9. The van der Waals surface area contributed by atoms with Crippen LogP contribution in [0, 0.1) is 5.92 Å². The fraction of sp³-hybridized carbons (Fsp3) is 0.481. The van der Waals surface area contributed by atoms with Crippen molar-refractivity contribution in [2.24, 2.45) is 5.92 Å². The van der Waals surface area contributed by atoms with Crippen LogP contribution in [0.15, 0.2) is 54.6 Å². The van der Waals surface area contributed by atoms with E-state index in [1.165, 1.54) is 0 Å². The van der Waals surface area contributed by atoms with Crippen molar-refractivity contribution in [1.29, 1.82) is 0 Å². The molecule has 2 fully saturated rings. The van der Waals surface area contributed by atoms with Crippen LogP contribution in [0.2, 0.25) is 0 Å². The lowest BCUT2D eigenvalue weighted by molar-refractivity contribution is -0.134. The average Bonchev–Trinajstić information content (AvgIpc) is 3.09. The van der Waals surface area contributed by atoms with E-state index >= 15 is 0 Å². The maximum Gasteiger partial charge on any atom is 0.253 e. The highest BCUT2D eigenvalue weighted by atomic mass is 16.5. The van der Waals surface area contributed by atoms with Gasteiger partial charge in [-0.15, -0.1) is 0 Å². The number of ether oxygens (including phenoxy) is 1. The van der Waals surface area contributed by atoms with Gasteiger partial charge in [-0.3, -0.25) is 14.9 Å². The van der Waals surface area contributed by atoms with Gasteiger partial charge in [0.25, 0.3) is 5.91 Å². The zero-order chi connectivity index (χ0) is 23.4. The third-order valence-electron chi connectivity index (χ3n) is 7.19. The van der Waals surface area contributed by atoms with Crippen LogP contribution in [0.1, 0.15) is 49.0 Å². The average molecular weight is 450 g/mol. The Morgan fingerprint density at radius 3 is 2.55 bits per heavy atom. The lowest BCUT2D eigenvalue weighted by atomic mass is 9.94. The molecule has 176 valence electrons. The molecule has 0 aliphatic carbocycles. The van der Waals surface area contributed by atoms with Crippen molar-refractivity contribution in [2.75, 3.05) is 26.7 Å². The molecule has 4 rings (SSSR count). The van der Waals surface area contributed by atoms with Gasteiger partial charge in [-0.2, -0.15) is 0 Å². The maximum absolute atomic E-state index is 13.5. The molecule has 2 atom stereocenters. The highest BCUT2D eigenvalue weighted by molar-refractivity contribution is 5.94. The zero-order valence-electron chi connectivity index (χ0n) is 19.9. The highest BCUT2D eigenvalue weighted by Crippen LogP contribution is 2.35. The Bertz CT molecular complexity index is 970. The Morgan fingerprint density at radius 2 is 1.88 bits per heavy atom. The van der Waals surface area contributed by atoms with Crippen LogP contribution in [0.3, 0.4) is 0 Å². The summed E-state index contributed by atoms with van der Waals surface area (Å²) in [5.74, 6) is 1.31. The topological polar surface area (TPSA) is 61.9 Å². The molecule has 2 aliphatic rings. The first-order valence-electron chi connectivity index (χ1n) is 12.0. The minimum atomic E-state index is -0.384. The molecule has 0 unspecified atom stereocenters. The Morgan fingerprint density at radius 1 is 1.15 bits per heavy atom. The summed E-state index contributed by atoms with van der Waals surface area (Å²) in [6, 6.07) is 17.3. The summed E-state index contributed by atoms with van der Waals surface area (Å²) in [5.41, 5.74) is 1.42. The molecule has 1 spiro atoms. The van der Waals surface area contributed by atoms with E-state index in [1.54, 1.807) is 13.2 Å². The fourth-order valence-corrected chi connectivity index (χ4v) is 4.99. The van der Waals surface area contributed by atoms with Crippen molar-refractivity contribution < 1.29 is 14.3 Å². The first kappa shape index (κ1) is 23.3. The second-order valence-electron chi connectivity index (χ2n) is 9.40. The van der Waals surface area contributed by atoms with E-state index in [-0.39, 0.29) is 23.5 Å². The normalized spacial score (nSPS) is 20.8. The Balaban J connectivity index is 1.50. The van der Waals surface area contributed by atoms with Gasteiger partial charge in [0, 0.05) is 38.0 Å². The summed E-state index contributed by atoms with van der Waals surface area (Å²) in [7, 11) is 1.61. The summed E-state index contributed by atoms with van der Waals surface area (Å²) in [5, 5.41) is 3.72. The molecule has 2 amide bonds. The largest absolute Gasteiger partial charge is 0.497 e. The van der Waals surface area contributed by atoms with Crippen LogP contribution in [-0.4, -0.2) is 60.1 Å². The van der Waals surface area contributed by atoms with E-state index in [2.05, 4.69) is 36.2 Å². The number of hydrogen-bond acceptors (Lipinski definition) is 4. The molecule has 0 radical (unpaired) electrons. The van der Waals surface area contributed by atoms with Crippen LogP contribution in [0.4, 0.5) is 0 Å². The van der Waals surface area contributed by atoms with Crippen LogP contribution in [-0.2, 0) is 11.2 Å². The molecular formula is C27H35N3O3. The number of benzene rings is 2.